The van der Waals surface area contributed by atoms with Gasteiger partial charge in [0.1, 0.15) is 11.5 Å². The monoisotopic (exact) mass is 277 g/mol. The van der Waals surface area contributed by atoms with Gasteiger partial charge in [0.2, 0.25) is 0 Å². The number of hydrogen-bond acceptors (Lipinski definition) is 6. The number of hydrogen-bond donors (Lipinski definition) is 2. The van der Waals surface area contributed by atoms with E-state index in [1.54, 1.807) is 26.4 Å². The molecule has 0 saturated carbocycles. The van der Waals surface area contributed by atoms with E-state index >= 15 is 0 Å². The van der Waals surface area contributed by atoms with Crippen molar-refractivity contribution in [2.75, 3.05) is 14.2 Å². The van der Waals surface area contributed by atoms with Crippen LogP contribution in [0.5, 0.6) is 11.5 Å². The minimum Gasteiger partial charge on any atom is -0.497 e. The Bertz CT molecular complexity index is 585. The van der Waals surface area contributed by atoms with Crippen LogP contribution < -0.4 is 14.8 Å². The van der Waals surface area contributed by atoms with Crippen molar-refractivity contribution in [2.24, 2.45) is 0 Å². The first kappa shape index (κ1) is 13.8. The number of carbonyl (C=O) groups excluding carboxylic acids is 1. The summed E-state index contributed by atoms with van der Waals surface area (Å²) in [6.07, 6.45) is 0. The van der Waals surface area contributed by atoms with Crippen molar-refractivity contribution in [3.8, 4) is 11.5 Å². The highest BCUT2D eigenvalue weighted by atomic mass is 16.5. The molecule has 2 rings (SSSR count). The van der Waals surface area contributed by atoms with Gasteiger partial charge in [-0.05, 0) is 24.3 Å². The normalized spacial score (nSPS) is 11.8. The van der Waals surface area contributed by atoms with Crippen molar-refractivity contribution in [3.05, 3.63) is 29.6 Å². The van der Waals surface area contributed by atoms with Gasteiger partial charge in [0.05, 0.1) is 20.3 Å². The number of carbonyl (C=O) groups is 1. The maximum Gasteiger partial charge on any atom is 0.293 e. The van der Waals surface area contributed by atoms with Crippen molar-refractivity contribution < 1.29 is 14.3 Å². The Morgan fingerprint density at radius 2 is 2.15 bits per heavy atom. The molecule has 1 aromatic carbocycles. The molecule has 1 heterocycles. The molecule has 106 valence electrons. The zero-order valence-corrected chi connectivity index (χ0v) is 11.4. The minimum atomic E-state index is -0.413. The van der Waals surface area contributed by atoms with Gasteiger partial charge in [0.25, 0.3) is 11.7 Å². The van der Waals surface area contributed by atoms with Crippen LogP contribution in [0.25, 0.3) is 0 Å². The van der Waals surface area contributed by atoms with Crippen LogP contribution in [0.4, 0.5) is 0 Å². The second-order valence-corrected chi connectivity index (χ2v) is 4.04. The van der Waals surface area contributed by atoms with Gasteiger partial charge in [-0.15, -0.1) is 10.2 Å². The fraction of sp³-hybridized carbons (Fsp3) is 0.333. The van der Waals surface area contributed by atoms with Gasteiger partial charge >= 0.3 is 0 Å². The first-order valence-corrected chi connectivity index (χ1v) is 5.92. The summed E-state index contributed by atoms with van der Waals surface area (Å²) in [4.78, 5) is 11.9. The van der Waals surface area contributed by atoms with E-state index in [1.165, 1.54) is 0 Å². The largest absolute Gasteiger partial charge is 0.497 e. The predicted octanol–water partition coefficient (Wildman–Crippen LogP) is 0.708. The number of benzene rings is 1. The maximum atomic E-state index is 11.9. The summed E-state index contributed by atoms with van der Waals surface area (Å²) in [6.45, 7) is 1.84. The maximum absolute atomic E-state index is 11.9. The highest BCUT2D eigenvalue weighted by Crippen LogP contribution is 2.29. The highest BCUT2D eigenvalue weighted by Gasteiger charge is 2.18. The summed E-state index contributed by atoms with van der Waals surface area (Å²) in [6, 6.07) is 5.11. The number of aromatic amines is 1. The second-order valence-electron chi connectivity index (χ2n) is 4.04. The molecule has 2 N–H and O–H groups in total. The van der Waals surface area contributed by atoms with E-state index in [-0.39, 0.29) is 11.9 Å². The summed E-state index contributed by atoms with van der Waals surface area (Å²) in [5, 5.41) is 15.6. The molecule has 0 aliphatic heterocycles. The van der Waals surface area contributed by atoms with Crippen LogP contribution in [0.3, 0.4) is 0 Å². The highest BCUT2D eigenvalue weighted by molar-refractivity contribution is 5.90. The van der Waals surface area contributed by atoms with Crippen LogP contribution in [0.2, 0.25) is 0 Å². The van der Waals surface area contributed by atoms with Crippen LogP contribution in [0.15, 0.2) is 18.2 Å². The molecule has 1 aromatic heterocycles. The van der Waals surface area contributed by atoms with Crippen molar-refractivity contribution >= 4 is 5.91 Å². The molecule has 0 aliphatic carbocycles. The Labute approximate surface area is 115 Å². The van der Waals surface area contributed by atoms with Crippen LogP contribution in [-0.2, 0) is 0 Å². The molecule has 0 spiro atoms. The van der Waals surface area contributed by atoms with Gasteiger partial charge < -0.3 is 14.8 Å². The Morgan fingerprint density at radius 3 is 2.75 bits per heavy atom. The molecule has 0 aliphatic rings. The van der Waals surface area contributed by atoms with Crippen LogP contribution >= 0.6 is 0 Å². The molecule has 8 heteroatoms. The third-order valence-corrected chi connectivity index (χ3v) is 2.80. The lowest BCUT2D eigenvalue weighted by Crippen LogP contribution is -2.28. The van der Waals surface area contributed by atoms with E-state index in [0.717, 1.165) is 5.56 Å². The molecule has 0 radical (unpaired) electrons. The van der Waals surface area contributed by atoms with E-state index in [9.17, 15) is 4.79 Å². The molecule has 20 heavy (non-hydrogen) atoms. The number of rotatable bonds is 5. The molecule has 1 atom stereocenters. The number of aromatic nitrogens is 4. The Kier molecular flexibility index (Phi) is 4.14. The quantitative estimate of drug-likeness (QED) is 0.834. The lowest BCUT2D eigenvalue weighted by molar-refractivity contribution is 0.0929. The fourth-order valence-corrected chi connectivity index (χ4v) is 1.77. The zero-order chi connectivity index (χ0) is 14.5. The number of nitrogens with one attached hydrogen (secondary N) is 2. The third kappa shape index (κ3) is 2.85. The molecule has 0 fully saturated rings. The smallest absolute Gasteiger partial charge is 0.293 e. The number of amides is 1. The Balaban J connectivity index is 2.16. The lowest BCUT2D eigenvalue weighted by Gasteiger charge is -2.17. The van der Waals surface area contributed by atoms with Gasteiger partial charge in [-0.25, -0.2) is 0 Å². The number of tetrazole rings is 1. The molecule has 0 bridgehead atoms. The molecule has 1 unspecified atom stereocenters. The van der Waals surface area contributed by atoms with Crippen molar-refractivity contribution in [1.29, 1.82) is 0 Å². The summed E-state index contributed by atoms with van der Waals surface area (Å²) >= 11 is 0. The predicted molar refractivity (Wildman–Crippen MR) is 69.6 cm³/mol. The fourth-order valence-electron chi connectivity index (χ4n) is 1.77. The van der Waals surface area contributed by atoms with Crippen molar-refractivity contribution in [1.82, 2.24) is 25.9 Å². The zero-order valence-electron chi connectivity index (χ0n) is 11.4. The molecule has 8 nitrogen and oxygen atoms in total. The van der Waals surface area contributed by atoms with Gasteiger partial charge in [-0.1, -0.05) is 0 Å². The van der Waals surface area contributed by atoms with Crippen LogP contribution in [-0.4, -0.2) is 40.8 Å². The first-order valence-electron chi connectivity index (χ1n) is 5.92. The van der Waals surface area contributed by atoms with Gasteiger partial charge in [0.15, 0.2) is 0 Å². The topological polar surface area (TPSA) is 102 Å². The second kappa shape index (κ2) is 6.00. The Hall–Kier alpha value is -2.64. The molecule has 0 saturated heterocycles. The number of nitrogens with zero attached hydrogens (tertiary/aromatic N) is 3. The number of methoxy groups -OCH3 is 2. The molecular formula is C12H15N5O3. The van der Waals surface area contributed by atoms with Crippen molar-refractivity contribution in [2.45, 2.75) is 13.0 Å². The van der Waals surface area contributed by atoms with E-state index in [2.05, 4.69) is 25.9 Å². The van der Waals surface area contributed by atoms with E-state index in [1.807, 2.05) is 13.0 Å². The van der Waals surface area contributed by atoms with Gasteiger partial charge in [0, 0.05) is 11.6 Å². The third-order valence-electron chi connectivity index (χ3n) is 2.80. The minimum absolute atomic E-state index is 0.00988. The van der Waals surface area contributed by atoms with E-state index in [0.29, 0.717) is 11.5 Å². The first-order chi connectivity index (χ1) is 9.65. The number of H-pyrrole nitrogens is 1. The Morgan fingerprint density at radius 1 is 1.35 bits per heavy atom. The number of ether oxygens (including phenoxy) is 2. The molecular weight excluding hydrogens is 262 g/mol. The van der Waals surface area contributed by atoms with E-state index in [4.69, 9.17) is 9.47 Å². The SMILES string of the molecule is COc1ccc(C(C)NC(=O)c2nn[nH]n2)c(OC)c1. The van der Waals surface area contributed by atoms with Gasteiger partial charge in [-0.3, -0.25) is 4.79 Å². The van der Waals surface area contributed by atoms with Crippen LogP contribution in [0.1, 0.15) is 29.1 Å². The molecule has 2 aromatic rings. The lowest BCUT2D eigenvalue weighted by atomic mass is 10.1. The summed E-state index contributed by atoms with van der Waals surface area (Å²) in [7, 11) is 3.14. The summed E-state index contributed by atoms with van der Waals surface area (Å²) in [5.41, 5.74) is 0.824. The standard InChI is InChI=1S/C12H15N5O3/c1-7(13-12(18)11-14-16-17-15-11)9-5-4-8(19-2)6-10(9)20-3/h4-7H,1-3H3,(H,13,18)(H,14,15,16,17). The van der Waals surface area contributed by atoms with E-state index < -0.39 is 5.91 Å². The molecule has 1 amide bonds. The van der Waals surface area contributed by atoms with Gasteiger partial charge in [-0.2, -0.15) is 5.21 Å². The average molecular weight is 277 g/mol. The average Bonchev–Trinajstić information content (AvgIpc) is 3.00. The van der Waals surface area contributed by atoms with Crippen LogP contribution in [0, 0.1) is 0 Å². The summed E-state index contributed by atoms with van der Waals surface area (Å²) in [5.74, 6) is 0.890. The van der Waals surface area contributed by atoms with Crippen molar-refractivity contribution in [3.63, 3.8) is 0 Å². The summed E-state index contributed by atoms with van der Waals surface area (Å²) < 4.78 is 10.4.